The van der Waals surface area contributed by atoms with E-state index < -0.39 is 6.10 Å². The second-order valence-electron chi connectivity index (χ2n) is 24.1. The molecule has 0 saturated heterocycles. The number of carbonyl (C=O) groups is 3. The Kier molecular flexibility index (Phi) is 67.6. The van der Waals surface area contributed by atoms with Gasteiger partial charge in [0.2, 0.25) is 0 Å². The minimum Gasteiger partial charge on any atom is -0.462 e. The van der Waals surface area contributed by atoms with Crippen LogP contribution >= 0.6 is 0 Å². The highest BCUT2D eigenvalue weighted by Gasteiger charge is 2.19. The fourth-order valence-corrected chi connectivity index (χ4v) is 10.6. The van der Waals surface area contributed by atoms with Gasteiger partial charge in [0.15, 0.2) is 6.10 Å². The molecule has 0 bridgehead atoms. The van der Waals surface area contributed by atoms with Crippen LogP contribution in [0.3, 0.4) is 0 Å². The van der Waals surface area contributed by atoms with Crippen molar-refractivity contribution in [1.82, 2.24) is 0 Å². The van der Waals surface area contributed by atoms with Crippen molar-refractivity contribution >= 4 is 17.9 Å². The zero-order chi connectivity index (χ0) is 59.2. The molecule has 0 aliphatic carbocycles. The SMILES string of the molecule is CC/C=C\C/C=C\C/C=C\C/C=C\CCCCC(=O)OC(COC(=O)CCCCCCC/C=C\C/C=C\CCCCC)COC(=O)CCCCCCCCCCCCCCCCCCCCCCCCCCCCCCCCCCCC. The lowest BCUT2D eigenvalue weighted by atomic mass is 10.0. The molecule has 0 radical (unpaired) electrons. The maximum absolute atomic E-state index is 12.9. The predicted molar refractivity (Wildman–Crippen MR) is 358 cm³/mol. The lowest BCUT2D eigenvalue weighted by molar-refractivity contribution is -0.167. The summed E-state index contributed by atoms with van der Waals surface area (Å²) in [6, 6.07) is 0. The number of ether oxygens (including phenoxy) is 3. The highest BCUT2D eigenvalue weighted by atomic mass is 16.6. The molecule has 6 heteroatoms. The van der Waals surface area contributed by atoms with Gasteiger partial charge in [-0.1, -0.05) is 338 Å². The summed E-state index contributed by atoms with van der Waals surface area (Å²) in [6.45, 7) is 6.50. The van der Waals surface area contributed by atoms with Crippen molar-refractivity contribution in [2.24, 2.45) is 0 Å². The minimum atomic E-state index is -0.803. The van der Waals surface area contributed by atoms with Gasteiger partial charge in [-0.3, -0.25) is 14.4 Å². The molecular formula is C76H136O6. The summed E-state index contributed by atoms with van der Waals surface area (Å²) in [4.78, 5) is 38.3. The number of hydrogen-bond acceptors (Lipinski definition) is 6. The highest BCUT2D eigenvalue weighted by Crippen LogP contribution is 2.18. The van der Waals surface area contributed by atoms with Gasteiger partial charge in [0.1, 0.15) is 13.2 Å². The first-order valence-corrected chi connectivity index (χ1v) is 35.9. The van der Waals surface area contributed by atoms with E-state index in [-0.39, 0.29) is 37.5 Å². The quantitative estimate of drug-likeness (QED) is 0.0261. The van der Waals surface area contributed by atoms with E-state index in [4.69, 9.17) is 14.2 Å². The summed E-state index contributed by atoms with van der Waals surface area (Å²) in [7, 11) is 0. The van der Waals surface area contributed by atoms with Crippen LogP contribution < -0.4 is 0 Å². The predicted octanol–water partition coefficient (Wildman–Crippen LogP) is 24.8. The molecule has 0 rings (SSSR count). The van der Waals surface area contributed by atoms with E-state index in [9.17, 15) is 14.4 Å². The van der Waals surface area contributed by atoms with Gasteiger partial charge in [0.05, 0.1) is 0 Å². The van der Waals surface area contributed by atoms with Gasteiger partial charge in [-0.25, -0.2) is 0 Å². The fourth-order valence-electron chi connectivity index (χ4n) is 10.6. The van der Waals surface area contributed by atoms with E-state index in [1.165, 1.54) is 225 Å². The molecule has 0 saturated carbocycles. The minimum absolute atomic E-state index is 0.0941. The molecule has 0 N–H and O–H groups in total. The molecule has 0 amide bonds. The Morgan fingerprint density at radius 3 is 0.793 bits per heavy atom. The van der Waals surface area contributed by atoms with Gasteiger partial charge in [-0.2, -0.15) is 0 Å². The van der Waals surface area contributed by atoms with Crippen LogP contribution in [-0.2, 0) is 28.6 Å². The molecule has 0 aromatic carbocycles. The summed E-state index contributed by atoms with van der Waals surface area (Å²) in [5.41, 5.74) is 0. The average molecular weight is 1150 g/mol. The Labute approximate surface area is 510 Å². The third kappa shape index (κ3) is 67.6. The summed E-state index contributed by atoms with van der Waals surface area (Å²) < 4.78 is 16.9. The van der Waals surface area contributed by atoms with Gasteiger partial charge in [-0.15, -0.1) is 0 Å². The number of unbranched alkanes of at least 4 members (excludes halogenated alkanes) is 43. The normalized spacial score (nSPS) is 12.5. The average Bonchev–Trinajstić information content (AvgIpc) is 3.47. The maximum atomic E-state index is 12.9. The number of allylic oxidation sites excluding steroid dienone is 12. The Morgan fingerprint density at radius 1 is 0.256 bits per heavy atom. The van der Waals surface area contributed by atoms with Gasteiger partial charge < -0.3 is 14.2 Å². The van der Waals surface area contributed by atoms with Gasteiger partial charge in [-0.05, 0) is 89.9 Å². The number of carbonyl (C=O) groups excluding carboxylic acids is 3. The van der Waals surface area contributed by atoms with Gasteiger partial charge >= 0.3 is 17.9 Å². The van der Waals surface area contributed by atoms with Crippen molar-refractivity contribution in [1.29, 1.82) is 0 Å². The van der Waals surface area contributed by atoms with Crippen molar-refractivity contribution in [3.8, 4) is 0 Å². The van der Waals surface area contributed by atoms with E-state index in [0.29, 0.717) is 19.3 Å². The lowest BCUT2D eigenvalue weighted by Gasteiger charge is -2.18. The van der Waals surface area contributed by atoms with Gasteiger partial charge in [0, 0.05) is 19.3 Å². The molecule has 0 aliphatic heterocycles. The molecule has 1 atom stereocenters. The molecule has 0 spiro atoms. The van der Waals surface area contributed by atoms with Crippen LogP contribution in [0, 0.1) is 0 Å². The Bertz CT molecular complexity index is 1500. The summed E-state index contributed by atoms with van der Waals surface area (Å²) in [5, 5.41) is 0. The molecular weight excluding hydrogens is 1010 g/mol. The number of rotatable bonds is 66. The first-order valence-electron chi connectivity index (χ1n) is 35.9. The molecule has 0 aliphatic rings. The standard InChI is InChI=1S/C76H136O6/c1-4-7-10-13-16-19-22-25-28-29-30-31-32-33-34-35-36-37-38-39-40-41-42-43-44-45-46-49-51-54-57-60-63-66-69-75(78)81-72-73(82-76(79)70-67-64-61-58-55-52-48-27-24-21-18-15-12-9-6-3)71-80-74(77)68-65-62-59-56-53-50-47-26-23-20-17-14-11-8-5-2/h9,12,17-18,20-21,26-27,47-48,55,58,73H,4-8,10-11,13-16,19,22-25,28-46,49-54,56-57,59-72H2,1-3H3/b12-9-,20-17-,21-18-,47-26-,48-27-,58-55-. The molecule has 0 heterocycles. The monoisotopic (exact) mass is 1150 g/mol. The summed E-state index contributed by atoms with van der Waals surface area (Å²) in [6.07, 6.45) is 92.5. The first-order chi connectivity index (χ1) is 40.5. The lowest BCUT2D eigenvalue weighted by Crippen LogP contribution is -2.30. The Balaban J connectivity index is 4.13. The van der Waals surface area contributed by atoms with E-state index in [1.807, 2.05) is 0 Å². The zero-order valence-electron chi connectivity index (χ0n) is 54.8. The maximum Gasteiger partial charge on any atom is 0.306 e. The topological polar surface area (TPSA) is 78.9 Å². The Hall–Kier alpha value is -3.15. The second kappa shape index (κ2) is 70.3. The summed E-state index contributed by atoms with van der Waals surface area (Å²) in [5.74, 6) is -0.934. The van der Waals surface area contributed by atoms with E-state index in [1.54, 1.807) is 0 Å². The number of hydrogen-bond donors (Lipinski definition) is 0. The number of esters is 3. The molecule has 476 valence electrons. The van der Waals surface area contributed by atoms with Crippen LogP contribution in [0.25, 0.3) is 0 Å². The third-order valence-electron chi connectivity index (χ3n) is 15.9. The van der Waals surface area contributed by atoms with Crippen molar-refractivity contribution in [2.75, 3.05) is 13.2 Å². The molecule has 6 nitrogen and oxygen atoms in total. The van der Waals surface area contributed by atoms with E-state index in [2.05, 4.69) is 93.7 Å². The molecule has 0 aromatic rings. The second-order valence-corrected chi connectivity index (χ2v) is 24.1. The van der Waals surface area contributed by atoms with Crippen LogP contribution in [0.2, 0.25) is 0 Å². The van der Waals surface area contributed by atoms with Crippen molar-refractivity contribution < 1.29 is 28.6 Å². The van der Waals surface area contributed by atoms with Crippen LogP contribution in [0.4, 0.5) is 0 Å². The van der Waals surface area contributed by atoms with Crippen LogP contribution in [0.1, 0.15) is 374 Å². The summed E-state index contributed by atoms with van der Waals surface area (Å²) >= 11 is 0. The molecule has 0 fully saturated rings. The van der Waals surface area contributed by atoms with Crippen molar-refractivity contribution in [3.63, 3.8) is 0 Å². The van der Waals surface area contributed by atoms with Gasteiger partial charge in [0.25, 0.3) is 0 Å². The van der Waals surface area contributed by atoms with Crippen LogP contribution in [0.5, 0.6) is 0 Å². The van der Waals surface area contributed by atoms with Crippen LogP contribution in [0.15, 0.2) is 72.9 Å². The highest BCUT2D eigenvalue weighted by molar-refractivity contribution is 5.71. The van der Waals surface area contributed by atoms with E-state index >= 15 is 0 Å². The molecule has 0 aromatic heterocycles. The molecule has 1 unspecified atom stereocenters. The fraction of sp³-hybridized carbons (Fsp3) is 0.803. The van der Waals surface area contributed by atoms with Crippen molar-refractivity contribution in [3.05, 3.63) is 72.9 Å². The Morgan fingerprint density at radius 2 is 0.476 bits per heavy atom. The first kappa shape index (κ1) is 78.8. The largest absolute Gasteiger partial charge is 0.462 e. The zero-order valence-corrected chi connectivity index (χ0v) is 54.8. The van der Waals surface area contributed by atoms with Crippen LogP contribution in [-0.4, -0.2) is 37.2 Å². The van der Waals surface area contributed by atoms with E-state index in [0.717, 1.165) is 103 Å². The molecule has 82 heavy (non-hydrogen) atoms. The smallest absolute Gasteiger partial charge is 0.306 e. The third-order valence-corrected chi connectivity index (χ3v) is 15.9. The van der Waals surface area contributed by atoms with Crippen molar-refractivity contribution in [2.45, 2.75) is 380 Å².